The molecule has 0 amide bonds. The summed E-state index contributed by atoms with van der Waals surface area (Å²) in [7, 11) is 0. The van der Waals surface area contributed by atoms with Gasteiger partial charge in [-0.1, -0.05) is 42.5 Å². The third-order valence-corrected chi connectivity index (χ3v) is 3.84. The van der Waals surface area contributed by atoms with Gasteiger partial charge in [-0.2, -0.15) is 0 Å². The molecule has 154 valence electrons. The molecule has 28 heavy (non-hydrogen) atoms. The van der Waals surface area contributed by atoms with Crippen molar-refractivity contribution in [1.29, 1.82) is 0 Å². The summed E-state index contributed by atoms with van der Waals surface area (Å²) in [5.74, 6) is 0.439. The fourth-order valence-corrected chi connectivity index (χ4v) is 2.53. The van der Waals surface area contributed by atoms with Crippen LogP contribution in [0.4, 0.5) is 4.39 Å². The van der Waals surface area contributed by atoms with Crippen molar-refractivity contribution in [2.24, 2.45) is 4.99 Å². The summed E-state index contributed by atoms with van der Waals surface area (Å²) in [4.78, 5) is 4.42. The van der Waals surface area contributed by atoms with Crippen LogP contribution in [0.3, 0.4) is 0 Å². The molecular weight excluding hydrogens is 472 g/mol. The van der Waals surface area contributed by atoms with E-state index >= 15 is 0 Å². The Kier molecular flexibility index (Phi) is 11.5. The number of nitrogens with zero attached hydrogens (tertiary/aromatic N) is 1. The van der Waals surface area contributed by atoms with E-state index in [1.807, 2.05) is 44.2 Å². The fraction of sp³-hybridized carbons (Fsp3) is 0.381. The molecular formula is C21H29FIN3O2. The highest BCUT2D eigenvalue weighted by Crippen LogP contribution is 2.16. The zero-order chi connectivity index (χ0) is 19.5. The van der Waals surface area contributed by atoms with Gasteiger partial charge in [-0.05, 0) is 31.5 Å². The number of aliphatic hydroxyl groups is 1. The minimum absolute atomic E-state index is 0. The highest BCUT2D eigenvalue weighted by atomic mass is 127. The first-order valence-electron chi connectivity index (χ1n) is 9.23. The topological polar surface area (TPSA) is 65.9 Å². The monoisotopic (exact) mass is 501 g/mol. The number of aliphatic hydroxyl groups excluding tert-OH is 1. The van der Waals surface area contributed by atoms with Gasteiger partial charge in [0.2, 0.25) is 0 Å². The number of hydrogen-bond acceptors (Lipinski definition) is 3. The van der Waals surface area contributed by atoms with Crippen molar-refractivity contribution in [3.05, 3.63) is 66.0 Å². The molecule has 5 nitrogen and oxygen atoms in total. The van der Waals surface area contributed by atoms with Gasteiger partial charge in [0.15, 0.2) is 17.5 Å². The van der Waals surface area contributed by atoms with Crippen LogP contribution in [-0.4, -0.2) is 42.9 Å². The average Bonchev–Trinajstić information content (AvgIpc) is 2.66. The number of benzene rings is 2. The number of para-hydroxylation sites is 1. The Bertz CT molecular complexity index is 716. The number of halogens is 2. The molecule has 0 aromatic heterocycles. The van der Waals surface area contributed by atoms with Crippen molar-refractivity contribution in [1.82, 2.24) is 10.6 Å². The number of guanidine groups is 1. The van der Waals surface area contributed by atoms with Gasteiger partial charge in [0.25, 0.3) is 0 Å². The first kappa shape index (κ1) is 24.2. The quantitative estimate of drug-likeness (QED) is 0.280. The van der Waals surface area contributed by atoms with E-state index in [2.05, 4.69) is 15.6 Å². The molecule has 0 aliphatic rings. The van der Waals surface area contributed by atoms with Crippen molar-refractivity contribution in [2.75, 3.05) is 19.6 Å². The van der Waals surface area contributed by atoms with E-state index in [4.69, 9.17) is 4.74 Å². The molecule has 0 radical (unpaired) electrons. The maximum atomic E-state index is 13.6. The van der Waals surface area contributed by atoms with Crippen molar-refractivity contribution in [3.63, 3.8) is 0 Å². The maximum absolute atomic E-state index is 13.6. The van der Waals surface area contributed by atoms with Crippen LogP contribution in [0.5, 0.6) is 5.75 Å². The average molecular weight is 501 g/mol. The highest BCUT2D eigenvalue weighted by Gasteiger charge is 2.10. The molecule has 0 bridgehead atoms. The van der Waals surface area contributed by atoms with Crippen LogP contribution in [-0.2, 0) is 6.42 Å². The van der Waals surface area contributed by atoms with Gasteiger partial charge in [0.05, 0.1) is 19.2 Å². The second-order valence-corrected chi connectivity index (χ2v) is 6.30. The number of nitrogens with one attached hydrogen (secondary N) is 2. The lowest BCUT2D eigenvalue weighted by Gasteiger charge is -2.18. The van der Waals surface area contributed by atoms with E-state index in [1.54, 1.807) is 18.2 Å². The largest absolute Gasteiger partial charge is 0.486 e. The van der Waals surface area contributed by atoms with Gasteiger partial charge in [-0.25, -0.2) is 4.39 Å². The van der Waals surface area contributed by atoms with Crippen LogP contribution in [0.15, 0.2) is 59.6 Å². The lowest BCUT2D eigenvalue weighted by Crippen LogP contribution is -2.42. The summed E-state index contributed by atoms with van der Waals surface area (Å²) in [5.41, 5.74) is 1.07. The van der Waals surface area contributed by atoms with Gasteiger partial charge in [-0.15, -0.1) is 24.0 Å². The Hall–Kier alpha value is -1.87. The highest BCUT2D eigenvalue weighted by molar-refractivity contribution is 14.0. The van der Waals surface area contributed by atoms with Gasteiger partial charge >= 0.3 is 0 Å². The van der Waals surface area contributed by atoms with Crippen molar-refractivity contribution in [2.45, 2.75) is 32.5 Å². The Labute approximate surface area is 183 Å². The Morgan fingerprint density at radius 2 is 1.79 bits per heavy atom. The first-order valence-corrected chi connectivity index (χ1v) is 9.23. The van der Waals surface area contributed by atoms with E-state index in [0.29, 0.717) is 25.5 Å². The van der Waals surface area contributed by atoms with Gasteiger partial charge in [0, 0.05) is 13.0 Å². The molecule has 7 heteroatoms. The maximum Gasteiger partial charge on any atom is 0.191 e. The van der Waals surface area contributed by atoms with E-state index < -0.39 is 6.10 Å². The minimum Gasteiger partial charge on any atom is -0.486 e. The zero-order valence-corrected chi connectivity index (χ0v) is 18.6. The predicted molar refractivity (Wildman–Crippen MR) is 122 cm³/mol. The molecule has 0 fully saturated rings. The summed E-state index contributed by atoms with van der Waals surface area (Å²) in [6, 6.07) is 16.2. The van der Waals surface area contributed by atoms with Gasteiger partial charge in [0.1, 0.15) is 6.10 Å². The molecule has 0 saturated carbocycles. The molecule has 3 N–H and O–H groups in total. The minimum atomic E-state index is -0.560. The second kappa shape index (κ2) is 13.3. The van der Waals surface area contributed by atoms with E-state index in [1.165, 1.54) is 6.07 Å². The molecule has 0 aliphatic heterocycles. The van der Waals surface area contributed by atoms with Gasteiger partial charge < -0.3 is 20.5 Å². The van der Waals surface area contributed by atoms with Crippen molar-refractivity contribution >= 4 is 29.9 Å². The predicted octanol–water partition coefficient (Wildman–Crippen LogP) is 3.37. The van der Waals surface area contributed by atoms with Crippen molar-refractivity contribution in [3.8, 4) is 5.75 Å². The molecule has 2 aromatic rings. The van der Waals surface area contributed by atoms with E-state index in [0.717, 1.165) is 5.56 Å². The lowest BCUT2D eigenvalue weighted by atomic mass is 10.1. The van der Waals surface area contributed by atoms with Crippen LogP contribution in [0.25, 0.3) is 0 Å². The zero-order valence-electron chi connectivity index (χ0n) is 16.3. The van der Waals surface area contributed by atoms with Crippen LogP contribution >= 0.6 is 24.0 Å². The Morgan fingerprint density at radius 3 is 2.46 bits per heavy atom. The summed E-state index contributed by atoms with van der Waals surface area (Å²) >= 11 is 0. The van der Waals surface area contributed by atoms with Crippen LogP contribution in [0.1, 0.15) is 19.4 Å². The third kappa shape index (κ3) is 8.88. The lowest BCUT2D eigenvalue weighted by molar-refractivity contribution is 0.183. The second-order valence-electron chi connectivity index (χ2n) is 6.30. The number of hydrogen-bond donors (Lipinski definition) is 3. The van der Waals surface area contributed by atoms with Gasteiger partial charge in [-0.3, -0.25) is 4.99 Å². The Balaban J connectivity index is 0.00000392. The smallest absolute Gasteiger partial charge is 0.191 e. The molecule has 0 aliphatic carbocycles. The normalized spacial score (nSPS) is 13.2. The summed E-state index contributed by atoms with van der Waals surface area (Å²) in [6.45, 7) is 5.26. The number of rotatable bonds is 9. The summed E-state index contributed by atoms with van der Waals surface area (Å²) in [6.07, 6.45) is -0.258. The first-order chi connectivity index (χ1) is 13.1. The van der Waals surface area contributed by atoms with Crippen LogP contribution in [0.2, 0.25) is 0 Å². The standard InChI is InChI=1S/C21H28FN3O2.HI/c1-3-23-21(25-15-18(26)13-17-9-5-4-6-10-17)24-14-16(2)27-20-12-8-7-11-19(20)22;/h4-12,16,18,26H,3,13-15H2,1-2H3,(H2,23,24,25);1H. The van der Waals surface area contributed by atoms with E-state index in [-0.39, 0.29) is 48.2 Å². The molecule has 2 aromatic carbocycles. The molecule has 2 rings (SSSR count). The number of aliphatic imine (C=N–C) groups is 1. The summed E-state index contributed by atoms with van der Waals surface area (Å²) in [5, 5.41) is 16.5. The van der Waals surface area contributed by atoms with Crippen LogP contribution < -0.4 is 15.4 Å². The fourth-order valence-electron chi connectivity index (χ4n) is 2.53. The molecule has 0 heterocycles. The SMILES string of the molecule is CCNC(=NCC(O)Cc1ccccc1)NCC(C)Oc1ccccc1F.I. The molecule has 0 spiro atoms. The van der Waals surface area contributed by atoms with Crippen molar-refractivity contribution < 1.29 is 14.2 Å². The van der Waals surface area contributed by atoms with Crippen LogP contribution in [0, 0.1) is 5.82 Å². The third-order valence-electron chi connectivity index (χ3n) is 3.84. The molecule has 0 saturated heterocycles. The summed E-state index contributed by atoms with van der Waals surface area (Å²) < 4.78 is 19.3. The Morgan fingerprint density at radius 1 is 1.11 bits per heavy atom. The number of ether oxygens (including phenoxy) is 1. The molecule has 2 atom stereocenters. The van der Waals surface area contributed by atoms with E-state index in [9.17, 15) is 9.50 Å². The molecule has 2 unspecified atom stereocenters.